The van der Waals surface area contributed by atoms with Crippen LogP contribution in [0, 0.1) is 22.2 Å². The molecule has 0 bridgehead atoms. The lowest BCUT2D eigenvalue weighted by atomic mass is 9.96. The van der Waals surface area contributed by atoms with E-state index in [0.717, 1.165) is 12.1 Å². The summed E-state index contributed by atoms with van der Waals surface area (Å²) >= 11 is 0. The van der Waals surface area contributed by atoms with Crippen LogP contribution in [0.25, 0.3) is 11.1 Å². The van der Waals surface area contributed by atoms with Gasteiger partial charge in [0.15, 0.2) is 0 Å². The predicted molar refractivity (Wildman–Crippen MR) is 100 cm³/mol. The van der Waals surface area contributed by atoms with Gasteiger partial charge in [0.2, 0.25) is 0 Å². The summed E-state index contributed by atoms with van der Waals surface area (Å²) in [4.78, 5) is 0. The number of nitrogens with one attached hydrogen (secondary N) is 3. The largest absolute Gasteiger partial charge is 0.309 e. The molecule has 0 aromatic heterocycles. The molecule has 4 nitrogen and oxygen atoms in total. The van der Waals surface area contributed by atoms with Crippen molar-refractivity contribution in [3.8, 4) is 11.1 Å². The topological polar surface area (TPSA) is 65.0 Å². The number of benzene rings is 2. The molecular formula is C19H21F4N3OS. The standard InChI is InChI=1S/C19H21F4N3OS/c1-2-28(24,27)26-19-16(22)10-25-17(19)8-11-4-3-5-15(18(11)23)12-6-13(20)9-14(21)7-12/h3-7,9,16-17,19,25H,2,8,10H2,1H3,(H2,24,26,27)/t16-,17-,19-,28?/m0/s1. The summed E-state index contributed by atoms with van der Waals surface area (Å²) in [7, 11) is -3.14. The monoisotopic (exact) mass is 415 g/mol. The summed E-state index contributed by atoms with van der Waals surface area (Å²) < 4.78 is 78.5. The molecule has 0 radical (unpaired) electrons. The fourth-order valence-electron chi connectivity index (χ4n) is 3.33. The molecule has 1 fully saturated rings. The molecule has 1 aliphatic heterocycles. The lowest BCUT2D eigenvalue weighted by Crippen LogP contribution is -2.47. The first-order valence-electron chi connectivity index (χ1n) is 8.85. The van der Waals surface area contributed by atoms with Crippen molar-refractivity contribution in [1.82, 2.24) is 10.0 Å². The van der Waals surface area contributed by atoms with Crippen LogP contribution < -0.4 is 10.0 Å². The van der Waals surface area contributed by atoms with Crippen LogP contribution in [0.2, 0.25) is 0 Å². The predicted octanol–water partition coefficient (Wildman–Crippen LogP) is 3.56. The Morgan fingerprint density at radius 2 is 1.89 bits per heavy atom. The molecule has 1 unspecified atom stereocenters. The molecule has 1 heterocycles. The molecule has 28 heavy (non-hydrogen) atoms. The highest BCUT2D eigenvalue weighted by atomic mass is 32.2. The lowest BCUT2D eigenvalue weighted by molar-refractivity contribution is 0.305. The van der Waals surface area contributed by atoms with Gasteiger partial charge in [-0.3, -0.25) is 0 Å². The average molecular weight is 415 g/mol. The molecule has 0 amide bonds. The highest BCUT2D eigenvalue weighted by Crippen LogP contribution is 2.28. The zero-order valence-corrected chi connectivity index (χ0v) is 16.0. The molecule has 0 saturated carbocycles. The van der Waals surface area contributed by atoms with E-state index in [1.165, 1.54) is 12.1 Å². The highest BCUT2D eigenvalue weighted by molar-refractivity contribution is 7.90. The van der Waals surface area contributed by atoms with Gasteiger partial charge in [0.05, 0.1) is 6.04 Å². The Labute approximate surface area is 161 Å². The first-order valence-corrected chi connectivity index (χ1v) is 10.6. The Balaban J connectivity index is 1.88. The van der Waals surface area contributed by atoms with Crippen molar-refractivity contribution in [2.75, 3.05) is 12.3 Å². The van der Waals surface area contributed by atoms with Gasteiger partial charge in [-0.1, -0.05) is 25.1 Å². The number of hydrogen-bond acceptors (Lipinski definition) is 3. The van der Waals surface area contributed by atoms with Gasteiger partial charge in [-0.05, 0) is 29.7 Å². The van der Waals surface area contributed by atoms with E-state index < -0.39 is 45.6 Å². The maximum atomic E-state index is 15.0. The molecule has 0 aliphatic carbocycles. The molecular weight excluding hydrogens is 394 g/mol. The van der Waals surface area contributed by atoms with Crippen LogP contribution in [0.15, 0.2) is 36.4 Å². The Hall–Kier alpha value is -1.97. The number of alkyl halides is 1. The first kappa shape index (κ1) is 20.8. The molecule has 2 aromatic rings. The number of rotatable bonds is 6. The van der Waals surface area contributed by atoms with Gasteiger partial charge in [0.1, 0.15) is 33.5 Å². The number of halogens is 4. The van der Waals surface area contributed by atoms with Crippen molar-refractivity contribution in [1.29, 1.82) is 4.78 Å². The molecule has 152 valence electrons. The van der Waals surface area contributed by atoms with Crippen LogP contribution in [-0.4, -0.2) is 34.8 Å². The Morgan fingerprint density at radius 1 is 1.21 bits per heavy atom. The molecule has 0 spiro atoms. The van der Waals surface area contributed by atoms with E-state index in [2.05, 4.69) is 10.0 Å². The van der Waals surface area contributed by atoms with Crippen molar-refractivity contribution < 1.29 is 21.8 Å². The highest BCUT2D eigenvalue weighted by Gasteiger charge is 2.38. The smallest absolute Gasteiger partial charge is 0.134 e. The van der Waals surface area contributed by atoms with Crippen LogP contribution in [0.5, 0.6) is 0 Å². The zero-order chi connectivity index (χ0) is 20.5. The summed E-state index contributed by atoms with van der Waals surface area (Å²) in [6, 6.07) is 5.78. The molecule has 9 heteroatoms. The minimum absolute atomic E-state index is 0.00200. The normalized spacial score (nSPS) is 24.2. The maximum absolute atomic E-state index is 15.0. The Bertz CT molecular complexity index is 947. The van der Waals surface area contributed by atoms with E-state index in [4.69, 9.17) is 4.78 Å². The average Bonchev–Trinajstić information content (AvgIpc) is 2.95. The fourth-order valence-corrected chi connectivity index (χ4v) is 4.25. The van der Waals surface area contributed by atoms with E-state index in [-0.39, 0.29) is 35.4 Å². The van der Waals surface area contributed by atoms with Crippen LogP contribution in [0.3, 0.4) is 0 Å². The number of hydrogen-bond donors (Lipinski definition) is 3. The van der Waals surface area contributed by atoms with Crippen molar-refractivity contribution in [2.24, 2.45) is 0 Å². The SMILES string of the molecule is CCS(=N)(=O)N[C@@H]1[C@H](Cc2cccc(-c3cc(F)cc(F)c3)c2F)NC[C@@H]1F. The summed E-state index contributed by atoms with van der Waals surface area (Å²) in [5, 5.41) is 2.92. The van der Waals surface area contributed by atoms with E-state index >= 15 is 4.39 Å². The Kier molecular flexibility index (Phi) is 6.07. The van der Waals surface area contributed by atoms with Gasteiger partial charge in [0.25, 0.3) is 0 Å². The third-order valence-corrected chi connectivity index (χ3v) is 6.29. The first-order chi connectivity index (χ1) is 13.2. The second-order valence-electron chi connectivity index (χ2n) is 6.78. The third-order valence-electron chi connectivity index (χ3n) is 4.82. The van der Waals surface area contributed by atoms with Gasteiger partial charge in [-0.25, -0.2) is 31.3 Å². The van der Waals surface area contributed by atoms with Gasteiger partial charge in [0, 0.05) is 30.0 Å². The van der Waals surface area contributed by atoms with Crippen molar-refractivity contribution in [2.45, 2.75) is 31.6 Å². The zero-order valence-electron chi connectivity index (χ0n) is 15.1. The third kappa shape index (κ3) is 4.53. The maximum Gasteiger partial charge on any atom is 0.134 e. The van der Waals surface area contributed by atoms with Gasteiger partial charge >= 0.3 is 0 Å². The van der Waals surface area contributed by atoms with Crippen LogP contribution in [0.4, 0.5) is 17.6 Å². The second-order valence-corrected chi connectivity index (χ2v) is 8.94. The van der Waals surface area contributed by atoms with E-state index in [0.29, 0.717) is 6.07 Å². The van der Waals surface area contributed by atoms with E-state index in [1.807, 2.05) is 0 Å². The molecule has 2 aromatic carbocycles. The molecule has 3 rings (SSSR count). The van der Waals surface area contributed by atoms with Gasteiger partial charge < -0.3 is 5.32 Å². The fraction of sp³-hybridized carbons (Fsp3) is 0.368. The minimum Gasteiger partial charge on any atom is -0.309 e. The molecule has 3 N–H and O–H groups in total. The summed E-state index contributed by atoms with van der Waals surface area (Å²) in [5.41, 5.74) is 0.330. The van der Waals surface area contributed by atoms with Gasteiger partial charge in [-0.2, -0.15) is 0 Å². The summed E-state index contributed by atoms with van der Waals surface area (Å²) in [5.74, 6) is -2.26. The summed E-state index contributed by atoms with van der Waals surface area (Å²) in [6.45, 7) is 1.56. The van der Waals surface area contributed by atoms with E-state index in [9.17, 15) is 17.4 Å². The molecule has 4 atom stereocenters. The molecule has 1 saturated heterocycles. The van der Waals surface area contributed by atoms with Crippen LogP contribution >= 0.6 is 0 Å². The van der Waals surface area contributed by atoms with Crippen LogP contribution in [0.1, 0.15) is 12.5 Å². The second kappa shape index (κ2) is 8.18. The van der Waals surface area contributed by atoms with Crippen molar-refractivity contribution >= 4 is 9.92 Å². The minimum atomic E-state index is -3.14. The summed E-state index contributed by atoms with van der Waals surface area (Å²) in [6.07, 6.45) is -1.30. The van der Waals surface area contributed by atoms with Crippen molar-refractivity contribution in [3.05, 3.63) is 59.4 Å². The lowest BCUT2D eigenvalue weighted by Gasteiger charge is -2.23. The van der Waals surface area contributed by atoms with E-state index in [1.54, 1.807) is 13.0 Å². The molecule has 1 aliphatic rings. The Morgan fingerprint density at radius 3 is 2.54 bits per heavy atom. The van der Waals surface area contributed by atoms with Crippen molar-refractivity contribution in [3.63, 3.8) is 0 Å². The van der Waals surface area contributed by atoms with Crippen LogP contribution in [-0.2, 0) is 16.3 Å². The van der Waals surface area contributed by atoms with Gasteiger partial charge in [-0.15, -0.1) is 0 Å². The quantitative estimate of drug-likeness (QED) is 0.632.